The van der Waals surface area contributed by atoms with Crippen LogP contribution in [0.1, 0.15) is 16.7 Å². The van der Waals surface area contributed by atoms with Gasteiger partial charge in [-0.05, 0) is 61.4 Å². The maximum Gasteiger partial charge on any atom is 0.530 e. The summed E-state index contributed by atoms with van der Waals surface area (Å²) < 4.78 is 19.2. The van der Waals surface area contributed by atoms with Gasteiger partial charge in [-0.15, -0.1) is 0 Å². The zero-order chi connectivity index (χ0) is 20.9. The summed E-state index contributed by atoms with van der Waals surface area (Å²) in [7, 11) is 4.84. The van der Waals surface area contributed by atoms with Crippen LogP contribution in [-0.4, -0.2) is 25.6 Å². The molecule has 152 valence electrons. The molecular formula is C24H29NO3P+. The molecule has 29 heavy (non-hydrogen) atoms. The molecule has 0 saturated heterocycles. The summed E-state index contributed by atoms with van der Waals surface area (Å²) >= 11 is 0. The molecule has 0 radical (unpaired) electrons. The smallest absolute Gasteiger partial charge is 0.408 e. The molecule has 0 aromatic heterocycles. The van der Waals surface area contributed by atoms with Gasteiger partial charge in [0.05, 0.1) is 21.1 Å². The van der Waals surface area contributed by atoms with Crippen molar-refractivity contribution in [2.45, 2.75) is 20.4 Å². The van der Waals surface area contributed by atoms with Gasteiger partial charge in [0, 0.05) is 5.56 Å². The van der Waals surface area contributed by atoms with Crippen LogP contribution in [0, 0.1) is 13.8 Å². The summed E-state index contributed by atoms with van der Waals surface area (Å²) in [4.78, 5) is 0. The van der Waals surface area contributed by atoms with Gasteiger partial charge in [0.15, 0.2) is 0 Å². The van der Waals surface area contributed by atoms with Gasteiger partial charge >= 0.3 is 8.60 Å². The average molecular weight is 410 g/mol. The molecule has 3 rings (SSSR count). The molecule has 0 aliphatic heterocycles. The first-order chi connectivity index (χ1) is 13.8. The topological polar surface area (TPSA) is 27.7 Å². The maximum absolute atomic E-state index is 6.17. The van der Waals surface area contributed by atoms with E-state index < -0.39 is 8.60 Å². The average Bonchev–Trinajstić information content (AvgIpc) is 2.60. The van der Waals surface area contributed by atoms with Gasteiger partial charge in [-0.3, -0.25) is 0 Å². The van der Waals surface area contributed by atoms with E-state index in [1.54, 1.807) is 0 Å². The van der Waals surface area contributed by atoms with Gasteiger partial charge in [0.25, 0.3) is 0 Å². The largest absolute Gasteiger partial charge is 0.530 e. The molecule has 4 nitrogen and oxygen atoms in total. The summed E-state index contributed by atoms with van der Waals surface area (Å²) in [5.74, 6) is 2.19. The number of hydrogen-bond donors (Lipinski definition) is 0. The van der Waals surface area contributed by atoms with Crippen molar-refractivity contribution < 1.29 is 18.1 Å². The van der Waals surface area contributed by atoms with Crippen LogP contribution in [0.4, 0.5) is 0 Å². The fourth-order valence-electron chi connectivity index (χ4n) is 2.91. The maximum atomic E-state index is 6.17. The Labute approximate surface area is 175 Å². The van der Waals surface area contributed by atoms with Gasteiger partial charge in [-0.25, -0.2) is 0 Å². The SMILES string of the molecule is Cc1cccc(OP(Oc2cccc(C)c2)Oc2cccc(C[N+](C)(C)C)c2)c1. The quantitative estimate of drug-likeness (QED) is 0.323. The summed E-state index contributed by atoms with van der Waals surface area (Å²) in [6.07, 6.45) is 0. The van der Waals surface area contributed by atoms with Crippen molar-refractivity contribution in [1.29, 1.82) is 0 Å². The van der Waals surface area contributed by atoms with E-state index in [1.807, 2.05) is 74.5 Å². The number of aryl methyl sites for hydroxylation is 2. The van der Waals surface area contributed by atoms with Crippen LogP contribution in [0.3, 0.4) is 0 Å². The van der Waals surface area contributed by atoms with Crippen LogP contribution in [0.2, 0.25) is 0 Å². The highest BCUT2D eigenvalue weighted by Gasteiger charge is 2.20. The van der Waals surface area contributed by atoms with Crippen LogP contribution in [0.15, 0.2) is 72.8 Å². The van der Waals surface area contributed by atoms with E-state index in [1.165, 1.54) is 5.56 Å². The lowest BCUT2D eigenvalue weighted by atomic mass is 10.2. The fraction of sp³-hybridized carbons (Fsp3) is 0.250. The van der Waals surface area contributed by atoms with Crippen LogP contribution in [-0.2, 0) is 6.54 Å². The lowest BCUT2D eigenvalue weighted by molar-refractivity contribution is -0.884. The van der Waals surface area contributed by atoms with E-state index in [9.17, 15) is 0 Å². The van der Waals surface area contributed by atoms with Gasteiger partial charge < -0.3 is 18.1 Å². The second-order valence-corrected chi connectivity index (χ2v) is 9.22. The second kappa shape index (κ2) is 9.30. The van der Waals surface area contributed by atoms with Crippen molar-refractivity contribution in [3.05, 3.63) is 89.5 Å². The Bertz CT molecular complexity index is 905. The third-order valence-electron chi connectivity index (χ3n) is 4.07. The Kier molecular flexibility index (Phi) is 6.79. The fourth-order valence-corrected chi connectivity index (χ4v) is 3.88. The van der Waals surface area contributed by atoms with Gasteiger partial charge in [0.1, 0.15) is 23.8 Å². The molecule has 0 bridgehead atoms. The van der Waals surface area contributed by atoms with Crippen molar-refractivity contribution in [3.63, 3.8) is 0 Å². The molecule has 0 spiro atoms. The molecule has 0 saturated carbocycles. The first kappa shape index (κ1) is 21.2. The molecule has 5 heteroatoms. The lowest BCUT2D eigenvalue weighted by Crippen LogP contribution is -2.33. The molecule has 0 heterocycles. The molecular weight excluding hydrogens is 381 g/mol. The zero-order valence-electron chi connectivity index (χ0n) is 17.8. The van der Waals surface area contributed by atoms with Crippen molar-refractivity contribution in [2.75, 3.05) is 21.1 Å². The van der Waals surface area contributed by atoms with E-state index in [0.29, 0.717) is 0 Å². The Balaban J connectivity index is 1.81. The van der Waals surface area contributed by atoms with E-state index in [0.717, 1.165) is 39.4 Å². The summed E-state index contributed by atoms with van der Waals surface area (Å²) in [5, 5.41) is 0. The van der Waals surface area contributed by atoms with Crippen molar-refractivity contribution >= 4 is 8.60 Å². The minimum atomic E-state index is -1.66. The summed E-state index contributed by atoms with van der Waals surface area (Å²) in [6.45, 7) is 4.98. The van der Waals surface area contributed by atoms with Crippen molar-refractivity contribution in [1.82, 2.24) is 0 Å². The van der Waals surface area contributed by atoms with Crippen molar-refractivity contribution in [2.24, 2.45) is 0 Å². The first-order valence-corrected chi connectivity index (χ1v) is 10.7. The highest BCUT2D eigenvalue weighted by Crippen LogP contribution is 2.42. The Hall–Kier alpha value is -2.55. The molecule has 0 aliphatic carbocycles. The Morgan fingerprint density at radius 2 is 1.10 bits per heavy atom. The number of quaternary nitrogens is 1. The molecule has 0 fully saturated rings. The number of rotatable bonds is 8. The third kappa shape index (κ3) is 7.08. The van der Waals surface area contributed by atoms with Crippen molar-refractivity contribution in [3.8, 4) is 17.2 Å². The molecule has 0 aliphatic rings. The van der Waals surface area contributed by atoms with Crippen LogP contribution in [0.5, 0.6) is 17.2 Å². The number of hydrogen-bond acceptors (Lipinski definition) is 3. The number of nitrogens with zero attached hydrogens (tertiary/aromatic N) is 1. The Morgan fingerprint density at radius 3 is 1.55 bits per heavy atom. The van der Waals surface area contributed by atoms with E-state index >= 15 is 0 Å². The minimum absolute atomic E-state index is 0.728. The van der Waals surface area contributed by atoms with Crippen LogP contribution >= 0.6 is 8.60 Å². The third-order valence-corrected chi connectivity index (χ3v) is 5.15. The molecule has 3 aromatic rings. The highest BCUT2D eigenvalue weighted by molar-refractivity contribution is 7.43. The zero-order valence-corrected chi connectivity index (χ0v) is 18.6. The van der Waals surface area contributed by atoms with Gasteiger partial charge in [-0.1, -0.05) is 36.4 Å². The molecule has 0 amide bonds. The van der Waals surface area contributed by atoms with Crippen LogP contribution in [0.25, 0.3) is 0 Å². The van der Waals surface area contributed by atoms with E-state index in [4.69, 9.17) is 13.6 Å². The predicted molar refractivity (Wildman–Crippen MR) is 119 cm³/mol. The standard InChI is InChI=1S/C24H29NO3P/c1-19-9-6-12-22(15-19)26-29(27-23-13-7-10-20(2)16-23)28-24-14-8-11-21(17-24)18-25(3,4)5/h6-17H,18H2,1-5H3/q+1. The minimum Gasteiger partial charge on any atom is -0.408 e. The first-order valence-electron chi connectivity index (χ1n) is 9.64. The molecule has 0 unspecified atom stereocenters. The van der Waals surface area contributed by atoms with Crippen LogP contribution < -0.4 is 13.6 Å². The van der Waals surface area contributed by atoms with Gasteiger partial charge in [0.2, 0.25) is 0 Å². The predicted octanol–water partition coefficient (Wildman–Crippen LogP) is 6.27. The van der Waals surface area contributed by atoms with Gasteiger partial charge in [-0.2, -0.15) is 0 Å². The van der Waals surface area contributed by atoms with E-state index in [2.05, 4.69) is 33.3 Å². The second-order valence-electron chi connectivity index (χ2n) is 8.23. The number of benzene rings is 3. The molecule has 0 atom stereocenters. The monoisotopic (exact) mass is 410 g/mol. The van der Waals surface area contributed by atoms with E-state index in [-0.39, 0.29) is 0 Å². The Morgan fingerprint density at radius 1 is 0.655 bits per heavy atom. The highest BCUT2D eigenvalue weighted by atomic mass is 31.2. The molecule has 3 aromatic carbocycles. The molecule has 0 N–H and O–H groups in total. The lowest BCUT2D eigenvalue weighted by Gasteiger charge is -2.24. The normalized spacial score (nSPS) is 11.4. The summed E-state index contributed by atoms with van der Waals surface area (Å²) in [6, 6.07) is 23.9. The summed E-state index contributed by atoms with van der Waals surface area (Å²) in [5.41, 5.74) is 3.45.